The lowest BCUT2D eigenvalue weighted by molar-refractivity contribution is 0.673. The van der Waals surface area contributed by atoms with Crippen LogP contribution in [-0.2, 0) is 19.3 Å². The summed E-state index contributed by atoms with van der Waals surface area (Å²) >= 11 is 6.00. The van der Waals surface area contributed by atoms with Gasteiger partial charge in [0.15, 0.2) is 0 Å². The molecule has 0 aliphatic heterocycles. The highest BCUT2D eigenvalue weighted by atomic mass is 35.5. The minimum atomic E-state index is 0.798. The summed E-state index contributed by atoms with van der Waals surface area (Å²) in [7, 11) is 0. The van der Waals surface area contributed by atoms with Gasteiger partial charge in [-0.25, -0.2) is 0 Å². The Kier molecular flexibility index (Phi) is 2.89. The average Bonchev–Trinajstić information content (AvgIpc) is 2.73. The van der Waals surface area contributed by atoms with Crippen molar-refractivity contribution >= 4 is 11.6 Å². The fraction of sp³-hybridized carbons (Fsp3) is 0.357. The van der Waals surface area contributed by atoms with E-state index in [0.717, 1.165) is 17.9 Å². The second kappa shape index (κ2) is 4.53. The lowest BCUT2D eigenvalue weighted by Gasteiger charge is -2.11. The number of hydrogen-bond acceptors (Lipinski definition) is 1. The summed E-state index contributed by atoms with van der Waals surface area (Å²) in [6, 6.07) is 8.03. The molecule has 3 heteroatoms. The van der Waals surface area contributed by atoms with Gasteiger partial charge in [0.05, 0.1) is 5.69 Å². The zero-order valence-electron chi connectivity index (χ0n) is 9.67. The van der Waals surface area contributed by atoms with Crippen molar-refractivity contribution in [1.82, 2.24) is 10.2 Å². The number of halogens is 1. The van der Waals surface area contributed by atoms with Crippen LogP contribution in [0.4, 0.5) is 0 Å². The van der Waals surface area contributed by atoms with Crippen LogP contribution in [0.3, 0.4) is 0 Å². The van der Waals surface area contributed by atoms with Crippen LogP contribution in [0.25, 0.3) is 0 Å². The van der Waals surface area contributed by atoms with Gasteiger partial charge in [0.2, 0.25) is 0 Å². The van der Waals surface area contributed by atoms with Gasteiger partial charge in [-0.1, -0.05) is 23.7 Å². The molecule has 0 atom stereocenters. The monoisotopic (exact) mass is 246 g/mol. The Morgan fingerprint density at radius 1 is 1.24 bits per heavy atom. The van der Waals surface area contributed by atoms with Crippen molar-refractivity contribution in [2.24, 2.45) is 0 Å². The quantitative estimate of drug-likeness (QED) is 0.863. The molecule has 0 bridgehead atoms. The molecule has 2 aromatic rings. The topological polar surface area (TPSA) is 28.7 Å². The summed E-state index contributed by atoms with van der Waals surface area (Å²) in [5.74, 6) is 0. The van der Waals surface area contributed by atoms with E-state index in [2.05, 4.69) is 16.3 Å². The third-order valence-electron chi connectivity index (χ3n) is 3.40. The van der Waals surface area contributed by atoms with Crippen LogP contribution < -0.4 is 0 Å². The molecular formula is C14H15ClN2. The Hall–Kier alpha value is -1.28. The van der Waals surface area contributed by atoms with Crippen molar-refractivity contribution in [3.05, 3.63) is 51.8 Å². The number of aromatic nitrogens is 2. The van der Waals surface area contributed by atoms with E-state index in [0.29, 0.717) is 0 Å². The molecule has 1 aromatic carbocycles. The predicted molar refractivity (Wildman–Crippen MR) is 69.5 cm³/mol. The van der Waals surface area contributed by atoms with E-state index in [1.807, 2.05) is 18.2 Å². The normalized spacial score (nSPS) is 14.6. The van der Waals surface area contributed by atoms with Crippen molar-refractivity contribution in [2.45, 2.75) is 32.1 Å². The van der Waals surface area contributed by atoms with Gasteiger partial charge < -0.3 is 0 Å². The zero-order chi connectivity index (χ0) is 11.7. The number of aromatic amines is 1. The lowest BCUT2D eigenvalue weighted by atomic mass is 9.94. The number of nitrogens with one attached hydrogen (secondary N) is 1. The smallest absolute Gasteiger partial charge is 0.0700 e. The molecule has 1 aliphatic rings. The number of aryl methyl sites for hydroxylation is 1. The van der Waals surface area contributed by atoms with E-state index in [1.54, 1.807) is 0 Å². The van der Waals surface area contributed by atoms with E-state index in [9.17, 15) is 0 Å². The van der Waals surface area contributed by atoms with E-state index in [-0.39, 0.29) is 0 Å². The van der Waals surface area contributed by atoms with Gasteiger partial charge in [-0.05, 0) is 48.9 Å². The minimum absolute atomic E-state index is 0.798. The average molecular weight is 247 g/mol. The molecule has 88 valence electrons. The van der Waals surface area contributed by atoms with Crippen LogP contribution in [0.1, 0.15) is 35.4 Å². The fourth-order valence-electron chi connectivity index (χ4n) is 2.54. The summed E-state index contributed by atoms with van der Waals surface area (Å²) in [4.78, 5) is 0. The first kappa shape index (κ1) is 10.8. The Morgan fingerprint density at radius 2 is 2.12 bits per heavy atom. The molecule has 0 radical (unpaired) electrons. The maximum atomic E-state index is 6.00. The highest BCUT2D eigenvalue weighted by molar-refractivity contribution is 6.30. The SMILES string of the molecule is Clc1cccc(Cc2n[nH]c3c2CCCC3)c1. The molecule has 0 spiro atoms. The standard InChI is InChI=1S/C14H15ClN2/c15-11-5-3-4-10(8-11)9-14-12-6-1-2-7-13(12)16-17-14/h3-5,8H,1-2,6-7,9H2,(H,16,17). The maximum absolute atomic E-state index is 6.00. The third-order valence-corrected chi connectivity index (χ3v) is 3.64. The van der Waals surface area contributed by atoms with E-state index < -0.39 is 0 Å². The van der Waals surface area contributed by atoms with Gasteiger partial charge >= 0.3 is 0 Å². The van der Waals surface area contributed by atoms with Crippen LogP contribution in [0.2, 0.25) is 5.02 Å². The first-order valence-electron chi connectivity index (χ1n) is 6.12. The summed E-state index contributed by atoms with van der Waals surface area (Å²) in [6.45, 7) is 0. The van der Waals surface area contributed by atoms with E-state index in [4.69, 9.17) is 11.6 Å². The number of H-pyrrole nitrogens is 1. The predicted octanol–water partition coefficient (Wildman–Crippen LogP) is 3.53. The van der Waals surface area contributed by atoms with Crippen molar-refractivity contribution in [3.63, 3.8) is 0 Å². The first-order valence-corrected chi connectivity index (χ1v) is 6.50. The third kappa shape index (κ3) is 2.22. The summed E-state index contributed by atoms with van der Waals surface area (Å²) in [5, 5.41) is 8.43. The molecule has 1 heterocycles. The molecule has 0 fully saturated rings. The molecule has 3 rings (SSSR count). The van der Waals surface area contributed by atoms with E-state index in [1.165, 1.54) is 41.8 Å². The number of fused-ring (bicyclic) bond motifs is 1. The Bertz CT molecular complexity index is 531. The molecule has 1 N–H and O–H groups in total. The molecule has 0 unspecified atom stereocenters. The Balaban J connectivity index is 1.88. The molecule has 1 aliphatic carbocycles. The van der Waals surface area contributed by atoms with Crippen LogP contribution in [0, 0.1) is 0 Å². The van der Waals surface area contributed by atoms with Crippen molar-refractivity contribution in [2.75, 3.05) is 0 Å². The second-order valence-electron chi connectivity index (χ2n) is 4.64. The molecule has 2 nitrogen and oxygen atoms in total. The number of nitrogens with zero attached hydrogens (tertiary/aromatic N) is 1. The molecule has 1 aromatic heterocycles. The van der Waals surface area contributed by atoms with Gasteiger partial charge in [-0.2, -0.15) is 5.10 Å². The summed E-state index contributed by atoms with van der Waals surface area (Å²) in [6.07, 6.45) is 5.77. The molecule has 0 amide bonds. The highest BCUT2D eigenvalue weighted by Gasteiger charge is 2.16. The molecule has 0 saturated heterocycles. The van der Waals surface area contributed by atoms with Crippen LogP contribution in [0.5, 0.6) is 0 Å². The van der Waals surface area contributed by atoms with Crippen LogP contribution in [-0.4, -0.2) is 10.2 Å². The highest BCUT2D eigenvalue weighted by Crippen LogP contribution is 2.24. The summed E-state index contributed by atoms with van der Waals surface area (Å²) < 4.78 is 0. The molecular weight excluding hydrogens is 232 g/mol. The van der Waals surface area contributed by atoms with Gasteiger partial charge in [-0.15, -0.1) is 0 Å². The number of rotatable bonds is 2. The van der Waals surface area contributed by atoms with Crippen molar-refractivity contribution < 1.29 is 0 Å². The Labute approximate surface area is 106 Å². The number of hydrogen-bond donors (Lipinski definition) is 1. The van der Waals surface area contributed by atoms with Gasteiger partial charge in [0, 0.05) is 17.1 Å². The van der Waals surface area contributed by atoms with Crippen molar-refractivity contribution in [3.8, 4) is 0 Å². The second-order valence-corrected chi connectivity index (χ2v) is 5.08. The maximum Gasteiger partial charge on any atom is 0.0700 e. The van der Waals surface area contributed by atoms with Crippen LogP contribution in [0.15, 0.2) is 24.3 Å². The first-order chi connectivity index (χ1) is 8.33. The summed E-state index contributed by atoms with van der Waals surface area (Å²) in [5.41, 5.74) is 5.21. The van der Waals surface area contributed by atoms with Crippen molar-refractivity contribution in [1.29, 1.82) is 0 Å². The molecule has 17 heavy (non-hydrogen) atoms. The van der Waals surface area contributed by atoms with Gasteiger partial charge in [-0.3, -0.25) is 5.10 Å². The fourth-order valence-corrected chi connectivity index (χ4v) is 2.75. The Morgan fingerprint density at radius 3 is 3.00 bits per heavy atom. The largest absolute Gasteiger partial charge is 0.282 e. The number of benzene rings is 1. The molecule has 0 saturated carbocycles. The lowest BCUT2D eigenvalue weighted by Crippen LogP contribution is -2.02. The van der Waals surface area contributed by atoms with E-state index >= 15 is 0 Å². The minimum Gasteiger partial charge on any atom is -0.282 e. The zero-order valence-corrected chi connectivity index (χ0v) is 10.4. The van der Waals surface area contributed by atoms with Gasteiger partial charge in [0.25, 0.3) is 0 Å². The van der Waals surface area contributed by atoms with Gasteiger partial charge in [0.1, 0.15) is 0 Å². The van der Waals surface area contributed by atoms with Crippen LogP contribution >= 0.6 is 11.6 Å².